The van der Waals surface area contributed by atoms with Crippen molar-refractivity contribution in [1.29, 1.82) is 0 Å². The van der Waals surface area contributed by atoms with Gasteiger partial charge in [-0.2, -0.15) is 0 Å². The molecule has 0 spiro atoms. The zero-order chi connectivity index (χ0) is 16.2. The minimum Gasteiger partial charge on any atom is -0.486 e. The molecule has 3 rings (SSSR count). The Hall–Kier alpha value is -2.61. The lowest BCUT2D eigenvalue weighted by atomic mass is 9.99. The van der Waals surface area contributed by atoms with Crippen molar-refractivity contribution in [3.05, 3.63) is 78.6 Å². The third-order valence-corrected chi connectivity index (χ3v) is 3.97. The first-order chi connectivity index (χ1) is 11.2. The molecular formula is C21H19FO. The number of hydrogen-bond donors (Lipinski definition) is 0. The van der Waals surface area contributed by atoms with Gasteiger partial charge in [-0.15, -0.1) is 0 Å². The summed E-state index contributed by atoms with van der Waals surface area (Å²) in [5.41, 5.74) is 3.53. The van der Waals surface area contributed by atoms with Crippen LogP contribution in [0.1, 0.15) is 12.5 Å². The fourth-order valence-electron chi connectivity index (χ4n) is 2.64. The van der Waals surface area contributed by atoms with E-state index < -0.39 is 0 Å². The molecule has 0 bridgehead atoms. The first-order valence-corrected chi connectivity index (χ1v) is 7.78. The molecule has 3 aromatic rings. The second-order valence-electron chi connectivity index (χ2n) is 5.46. The molecule has 116 valence electrons. The highest BCUT2D eigenvalue weighted by Gasteiger charge is 2.09. The van der Waals surface area contributed by atoms with E-state index in [0.29, 0.717) is 12.0 Å². The minimum atomic E-state index is -0.322. The van der Waals surface area contributed by atoms with E-state index in [-0.39, 0.29) is 11.6 Å². The smallest absolute Gasteiger partial charge is 0.172 e. The Balaban J connectivity index is 2.00. The van der Waals surface area contributed by atoms with E-state index >= 15 is 0 Å². The number of benzene rings is 3. The highest BCUT2D eigenvalue weighted by molar-refractivity contribution is 5.89. The largest absolute Gasteiger partial charge is 0.486 e. The van der Waals surface area contributed by atoms with Gasteiger partial charge in [0.1, 0.15) is 6.61 Å². The van der Waals surface area contributed by atoms with Crippen LogP contribution >= 0.6 is 0 Å². The van der Waals surface area contributed by atoms with Gasteiger partial charge < -0.3 is 4.74 Å². The lowest BCUT2D eigenvalue weighted by Crippen LogP contribution is -1.96. The van der Waals surface area contributed by atoms with Crippen LogP contribution in [0.4, 0.5) is 4.39 Å². The average molecular weight is 306 g/mol. The summed E-state index contributed by atoms with van der Waals surface area (Å²) in [7, 11) is 0. The van der Waals surface area contributed by atoms with E-state index in [1.165, 1.54) is 5.56 Å². The van der Waals surface area contributed by atoms with Gasteiger partial charge in [-0.3, -0.25) is 0 Å². The first-order valence-electron chi connectivity index (χ1n) is 7.78. The van der Waals surface area contributed by atoms with Crippen LogP contribution < -0.4 is 4.74 Å². The van der Waals surface area contributed by atoms with Crippen LogP contribution in [-0.2, 0) is 6.42 Å². The van der Waals surface area contributed by atoms with Gasteiger partial charge in [-0.05, 0) is 40.6 Å². The van der Waals surface area contributed by atoms with Gasteiger partial charge in [0.05, 0.1) is 0 Å². The van der Waals surface area contributed by atoms with Crippen molar-refractivity contribution in [2.75, 3.05) is 6.61 Å². The SMILES string of the molecule is C=CCOc1ccc2cc(-c3ccc(CC)cc3)ccc2c1F. The Labute approximate surface area is 136 Å². The Morgan fingerprint density at radius 2 is 1.74 bits per heavy atom. The van der Waals surface area contributed by atoms with Crippen LogP contribution in [0, 0.1) is 5.82 Å². The van der Waals surface area contributed by atoms with E-state index in [0.717, 1.165) is 22.9 Å². The van der Waals surface area contributed by atoms with Gasteiger partial charge in [-0.25, -0.2) is 4.39 Å². The molecular weight excluding hydrogens is 287 g/mol. The first kappa shape index (κ1) is 15.3. The van der Waals surface area contributed by atoms with Crippen LogP contribution in [0.5, 0.6) is 5.75 Å². The molecule has 1 nitrogen and oxygen atoms in total. The normalized spacial score (nSPS) is 10.7. The molecule has 0 aliphatic rings. The quantitative estimate of drug-likeness (QED) is 0.543. The van der Waals surface area contributed by atoms with Crippen molar-refractivity contribution in [2.24, 2.45) is 0 Å². The summed E-state index contributed by atoms with van der Waals surface area (Å²) >= 11 is 0. The molecule has 0 aliphatic heterocycles. The van der Waals surface area contributed by atoms with Crippen molar-refractivity contribution >= 4 is 10.8 Å². The third-order valence-electron chi connectivity index (χ3n) is 3.97. The van der Waals surface area contributed by atoms with Gasteiger partial charge in [0.25, 0.3) is 0 Å². The molecule has 0 radical (unpaired) electrons. The summed E-state index contributed by atoms with van der Waals surface area (Å²) < 4.78 is 19.8. The van der Waals surface area contributed by atoms with Crippen LogP contribution in [0.2, 0.25) is 0 Å². The van der Waals surface area contributed by atoms with Crippen LogP contribution in [-0.4, -0.2) is 6.61 Å². The summed E-state index contributed by atoms with van der Waals surface area (Å²) in [6.07, 6.45) is 2.63. The number of halogens is 1. The maximum Gasteiger partial charge on any atom is 0.172 e. The molecule has 0 atom stereocenters. The average Bonchev–Trinajstić information content (AvgIpc) is 2.61. The standard InChI is InChI=1S/C21H19FO/c1-3-13-23-20-12-10-18-14-17(9-11-19(18)21(20)22)16-7-5-15(4-2)6-8-16/h3,5-12,14H,1,4,13H2,2H3. The van der Waals surface area contributed by atoms with Gasteiger partial charge >= 0.3 is 0 Å². The Morgan fingerprint density at radius 3 is 2.43 bits per heavy atom. The van der Waals surface area contributed by atoms with Gasteiger partial charge in [0.15, 0.2) is 11.6 Å². The number of hydrogen-bond acceptors (Lipinski definition) is 1. The van der Waals surface area contributed by atoms with Crippen LogP contribution in [0.25, 0.3) is 21.9 Å². The van der Waals surface area contributed by atoms with Crippen molar-refractivity contribution in [3.63, 3.8) is 0 Å². The maximum atomic E-state index is 14.5. The molecule has 0 fully saturated rings. The molecule has 0 saturated heterocycles. The molecule has 0 unspecified atom stereocenters. The molecule has 0 aliphatic carbocycles. The number of rotatable bonds is 5. The highest BCUT2D eigenvalue weighted by atomic mass is 19.1. The molecule has 0 heterocycles. The summed E-state index contributed by atoms with van der Waals surface area (Å²) in [6, 6.07) is 17.8. The fourth-order valence-corrected chi connectivity index (χ4v) is 2.64. The minimum absolute atomic E-state index is 0.262. The highest BCUT2D eigenvalue weighted by Crippen LogP contribution is 2.30. The van der Waals surface area contributed by atoms with Crippen LogP contribution in [0.15, 0.2) is 67.3 Å². The topological polar surface area (TPSA) is 9.23 Å². The summed E-state index contributed by atoms with van der Waals surface area (Å²) in [6.45, 7) is 6.01. The second kappa shape index (κ2) is 6.66. The van der Waals surface area contributed by atoms with Crippen molar-refractivity contribution < 1.29 is 9.13 Å². The maximum absolute atomic E-state index is 14.5. The lowest BCUT2D eigenvalue weighted by molar-refractivity contribution is 0.344. The fraction of sp³-hybridized carbons (Fsp3) is 0.143. The molecule has 0 saturated carbocycles. The predicted octanol–water partition coefficient (Wildman–Crippen LogP) is 5.77. The van der Waals surface area contributed by atoms with Crippen molar-refractivity contribution in [2.45, 2.75) is 13.3 Å². The summed E-state index contributed by atoms with van der Waals surface area (Å²) in [5.74, 6) is -0.0605. The van der Waals surface area contributed by atoms with Crippen LogP contribution in [0.3, 0.4) is 0 Å². The van der Waals surface area contributed by atoms with E-state index in [1.54, 1.807) is 12.1 Å². The monoisotopic (exact) mass is 306 g/mol. The predicted molar refractivity (Wildman–Crippen MR) is 94.4 cm³/mol. The Bertz CT molecular complexity index is 834. The number of aryl methyl sites for hydroxylation is 1. The van der Waals surface area contributed by atoms with E-state index in [1.807, 2.05) is 24.3 Å². The van der Waals surface area contributed by atoms with Crippen molar-refractivity contribution in [3.8, 4) is 16.9 Å². The zero-order valence-electron chi connectivity index (χ0n) is 13.2. The molecule has 0 aromatic heterocycles. The van der Waals surface area contributed by atoms with Gasteiger partial charge in [-0.1, -0.05) is 62.0 Å². The second-order valence-corrected chi connectivity index (χ2v) is 5.46. The number of ether oxygens (including phenoxy) is 1. The third kappa shape index (κ3) is 3.11. The molecule has 0 amide bonds. The molecule has 2 heteroatoms. The molecule has 3 aromatic carbocycles. The summed E-state index contributed by atoms with van der Waals surface area (Å²) in [5, 5.41) is 1.44. The van der Waals surface area contributed by atoms with Gasteiger partial charge in [0.2, 0.25) is 0 Å². The molecule has 0 N–H and O–H groups in total. The van der Waals surface area contributed by atoms with E-state index in [9.17, 15) is 4.39 Å². The lowest BCUT2D eigenvalue weighted by Gasteiger charge is -2.09. The van der Waals surface area contributed by atoms with E-state index in [2.05, 4.69) is 37.8 Å². The Kier molecular flexibility index (Phi) is 4.42. The summed E-state index contributed by atoms with van der Waals surface area (Å²) in [4.78, 5) is 0. The van der Waals surface area contributed by atoms with Crippen molar-refractivity contribution in [1.82, 2.24) is 0 Å². The molecule has 23 heavy (non-hydrogen) atoms. The van der Waals surface area contributed by atoms with E-state index in [4.69, 9.17) is 4.74 Å². The zero-order valence-corrected chi connectivity index (χ0v) is 13.2. The van der Waals surface area contributed by atoms with Gasteiger partial charge in [0, 0.05) is 5.39 Å². The number of fused-ring (bicyclic) bond motifs is 1. The Morgan fingerprint density at radius 1 is 1.00 bits per heavy atom.